The zero-order chi connectivity index (χ0) is 11.7. The van der Waals surface area contributed by atoms with Crippen LogP contribution in [-0.2, 0) is 0 Å². The summed E-state index contributed by atoms with van der Waals surface area (Å²) in [6, 6.07) is 3.31. The summed E-state index contributed by atoms with van der Waals surface area (Å²) in [5, 5.41) is 13.4. The molecule has 0 atom stereocenters. The van der Waals surface area contributed by atoms with E-state index in [4.69, 9.17) is 15.0 Å². The van der Waals surface area contributed by atoms with Crippen LogP contribution in [0.4, 0.5) is 5.88 Å². The van der Waals surface area contributed by atoms with Gasteiger partial charge in [0, 0.05) is 11.6 Å². The lowest BCUT2D eigenvalue weighted by molar-refractivity contribution is 0.405. The number of phenolic OH excluding ortho intramolecular Hbond substituents is 1. The van der Waals surface area contributed by atoms with Gasteiger partial charge in [0.15, 0.2) is 0 Å². The monoisotopic (exact) mass is 220 g/mol. The number of anilines is 1. The highest BCUT2D eigenvalue weighted by Gasteiger charge is 2.14. The van der Waals surface area contributed by atoms with Gasteiger partial charge in [-0.2, -0.15) is 0 Å². The molecule has 0 saturated heterocycles. The maximum atomic E-state index is 9.84. The van der Waals surface area contributed by atoms with Gasteiger partial charge in [0.05, 0.1) is 18.9 Å². The Balaban J connectivity index is 2.59. The lowest BCUT2D eigenvalue weighted by Gasteiger charge is -2.08. The summed E-state index contributed by atoms with van der Waals surface area (Å²) in [5.74, 6) is 0.883. The van der Waals surface area contributed by atoms with Crippen LogP contribution in [0, 0.1) is 6.92 Å². The van der Waals surface area contributed by atoms with Crippen LogP contribution in [0.5, 0.6) is 11.5 Å². The summed E-state index contributed by atoms with van der Waals surface area (Å²) >= 11 is 0. The summed E-state index contributed by atoms with van der Waals surface area (Å²) < 4.78 is 9.85. The number of nitrogens with zero attached hydrogens (tertiary/aromatic N) is 1. The lowest BCUT2D eigenvalue weighted by atomic mass is 10.0. The SMILES string of the molecule is COc1cc(O)c(-c2cnoc2N)cc1C. The number of aromatic nitrogens is 1. The zero-order valence-electron chi connectivity index (χ0n) is 9.02. The third-order valence-electron chi connectivity index (χ3n) is 2.40. The molecule has 3 N–H and O–H groups in total. The van der Waals surface area contributed by atoms with Gasteiger partial charge in [0.25, 0.3) is 0 Å². The number of benzene rings is 1. The van der Waals surface area contributed by atoms with E-state index < -0.39 is 0 Å². The van der Waals surface area contributed by atoms with Crippen LogP contribution in [0.15, 0.2) is 22.9 Å². The van der Waals surface area contributed by atoms with E-state index in [0.29, 0.717) is 16.9 Å². The molecule has 0 radical (unpaired) electrons. The average Bonchev–Trinajstić information content (AvgIpc) is 2.67. The third-order valence-corrected chi connectivity index (χ3v) is 2.40. The van der Waals surface area contributed by atoms with Crippen molar-refractivity contribution in [2.24, 2.45) is 0 Å². The highest BCUT2D eigenvalue weighted by atomic mass is 16.5. The summed E-state index contributed by atoms with van der Waals surface area (Å²) in [5.41, 5.74) is 7.64. The number of nitrogen functional groups attached to an aromatic ring is 1. The van der Waals surface area contributed by atoms with E-state index >= 15 is 0 Å². The molecule has 0 saturated carbocycles. The Labute approximate surface area is 92.4 Å². The molecule has 0 aliphatic rings. The molecule has 0 unspecified atom stereocenters. The summed E-state index contributed by atoms with van der Waals surface area (Å²) in [6.07, 6.45) is 1.47. The first kappa shape index (κ1) is 10.4. The molecule has 2 aromatic rings. The maximum absolute atomic E-state index is 9.84. The van der Waals surface area contributed by atoms with Crippen LogP contribution in [0.3, 0.4) is 0 Å². The Bertz CT molecular complexity index is 520. The molecule has 1 heterocycles. The normalized spacial score (nSPS) is 10.4. The second-order valence-corrected chi connectivity index (χ2v) is 3.44. The van der Waals surface area contributed by atoms with E-state index in [1.165, 1.54) is 12.3 Å². The first-order chi connectivity index (χ1) is 7.63. The van der Waals surface area contributed by atoms with Crippen molar-refractivity contribution < 1.29 is 14.4 Å². The molecule has 1 aromatic carbocycles. The third kappa shape index (κ3) is 1.56. The van der Waals surface area contributed by atoms with Crippen molar-refractivity contribution >= 4 is 5.88 Å². The van der Waals surface area contributed by atoms with Crippen molar-refractivity contribution in [1.29, 1.82) is 0 Å². The van der Waals surface area contributed by atoms with Crippen LogP contribution in [-0.4, -0.2) is 17.4 Å². The number of rotatable bonds is 2. The molecular weight excluding hydrogens is 208 g/mol. The average molecular weight is 220 g/mol. The molecule has 84 valence electrons. The molecule has 0 bridgehead atoms. The minimum atomic E-state index is 0.0809. The molecule has 5 nitrogen and oxygen atoms in total. The molecule has 16 heavy (non-hydrogen) atoms. The van der Waals surface area contributed by atoms with Crippen molar-refractivity contribution in [3.8, 4) is 22.6 Å². The number of aromatic hydroxyl groups is 1. The van der Waals surface area contributed by atoms with Gasteiger partial charge in [-0.1, -0.05) is 5.16 Å². The summed E-state index contributed by atoms with van der Waals surface area (Å²) in [6.45, 7) is 1.88. The van der Waals surface area contributed by atoms with Crippen LogP contribution in [0.1, 0.15) is 5.56 Å². The topological polar surface area (TPSA) is 81.5 Å². The predicted octanol–water partition coefficient (Wildman–Crippen LogP) is 1.95. The second kappa shape index (κ2) is 3.77. The van der Waals surface area contributed by atoms with Crippen LogP contribution < -0.4 is 10.5 Å². The molecule has 5 heteroatoms. The Morgan fingerprint density at radius 3 is 2.69 bits per heavy atom. The van der Waals surface area contributed by atoms with E-state index in [1.807, 2.05) is 6.92 Å². The van der Waals surface area contributed by atoms with E-state index in [1.54, 1.807) is 13.2 Å². The van der Waals surface area contributed by atoms with Crippen molar-refractivity contribution in [3.05, 3.63) is 23.9 Å². The van der Waals surface area contributed by atoms with E-state index in [2.05, 4.69) is 5.16 Å². The van der Waals surface area contributed by atoms with Crippen LogP contribution >= 0.6 is 0 Å². The fourth-order valence-electron chi connectivity index (χ4n) is 1.56. The van der Waals surface area contributed by atoms with Crippen molar-refractivity contribution in [2.45, 2.75) is 6.92 Å². The first-order valence-corrected chi connectivity index (χ1v) is 4.71. The number of phenols is 1. The number of nitrogens with two attached hydrogens (primary N) is 1. The molecule has 0 aliphatic carbocycles. The molecule has 2 rings (SSSR count). The standard InChI is InChI=1S/C11H12N2O3/c1-6-3-7(8-5-13-16-11(8)12)9(14)4-10(6)15-2/h3-5,14H,12H2,1-2H3. The van der Waals surface area contributed by atoms with E-state index in [-0.39, 0.29) is 11.6 Å². The molecule has 0 aliphatic heterocycles. The van der Waals surface area contributed by atoms with Gasteiger partial charge in [-0.3, -0.25) is 0 Å². The highest BCUT2D eigenvalue weighted by Crippen LogP contribution is 2.37. The first-order valence-electron chi connectivity index (χ1n) is 4.71. The number of hydrogen-bond acceptors (Lipinski definition) is 5. The molecule has 0 spiro atoms. The Morgan fingerprint density at radius 1 is 1.38 bits per heavy atom. The minimum absolute atomic E-state index is 0.0809. The van der Waals surface area contributed by atoms with Gasteiger partial charge in [-0.15, -0.1) is 0 Å². The number of methoxy groups -OCH3 is 1. The quantitative estimate of drug-likeness (QED) is 0.808. The van der Waals surface area contributed by atoms with Crippen molar-refractivity contribution in [2.75, 3.05) is 12.8 Å². The molecule has 1 aromatic heterocycles. The van der Waals surface area contributed by atoms with Gasteiger partial charge in [0.2, 0.25) is 5.88 Å². The molecule has 0 amide bonds. The minimum Gasteiger partial charge on any atom is -0.507 e. The number of hydrogen-bond donors (Lipinski definition) is 2. The van der Waals surface area contributed by atoms with Gasteiger partial charge in [-0.25, -0.2) is 0 Å². The van der Waals surface area contributed by atoms with Crippen LogP contribution in [0.2, 0.25) is 0 Å². The smallest absolute Gasteiger partial charge is 0.230 e. The second-order valence-electron chi connectivity index (χ2n) is 3.44. The zero-order valence-corrected chi connectivity index (χ0v) is 9.02. The molecular formula is C11H12N2O3. The Hall–Kier alpha value is -2.17. The Morgan fingerprint density at radius 2 is 2.12 bits per heavy atom. The number of aryl methyl sites for hydroxylation is 1. The molecule has 0 fully saturated rings. The van der Waals surface area contributed by atoms with Gasteiger partial charge in [0.1, 0.15) is 11.5 Å². The van der Waals surface area contributed by atoms with Gasteiger partial charge < -0.3 is 20.1 Å². The highest BCUT2D eigenvalue weighted by molar-refractivity contribution is 5.78. The summed E-state index contributed by atoms with van der Waals surface area (Å²) in [4.78, 5) is 0. The van der Waals surface area contributed by atoms with Gasteiger partial charge >= 0.3 is 0 Å². The lowest BCUT2D eigenvalue weighted by Crippen LogP contribution is -1.90. The van der Waals surface area contributed by atoms with E-state index in [9.17, 15) is 5.11 Å². The summed E-state index contributed by atoms with van der Waals surface area (Å²) in [7, 11) is 1.55. The van der Waals surface area contributed by atoms with Gasteiger partial charge in [-0.05, 0) is 18.6 Å². The fourth-order valence-corrected chi connectivity index (χ4v) is 1.56. The number of ether oxygens (including phenoxy) is 1. The van der Waals surface area contributed by atoms with Crippen LogP contribution in [0.25, 0.3) is 11.1 Å². The fraction of sp³-hybridized carbons (Fsp3) is 0.182. The maximum Gasteiger partial charge on any atom is 0.230 e. The Kier molecular flexibility index (Phi) is 2.44. The predicted molar refractivity (Wildman–Crippen MR) is 59.3 cm³/mol. The van der Waals surface area contributed by atoms with Crippen molar-refractivity contribution in [3.63, 3.8) is 0 Å². The van der Waals surface area contributed by atoms with Crippen molar-refractivity contribution in [1.82, 2.24) is 5.16 Å². The largest absolute Gasteiger partial charge is 0.507 e. The van der Waals surface area contributed by atoms with E-state index in [0.717, 1.165) is 5.56 Å².